The largest absolute Gasteiger partial charge is 0.417 e. The summed E-state index contributed by atoms with van der Waals surface area (Å²) in [5.41, 5.74) is -1.45. The van der Waals surface area contributed by atoms with Crippen molar-refractivity contribution in [3.8, 4) is 0 Å². The molecular weight excluding hydrogens is 379 g/mol. The van der Waals surface area contributed by atoms with Crippen LogP contribution >= 0.6 is 0 Å². The van der Waals surface area contributed by atoms with Gasteiger partial charge in [-0.25, -0.2) is 22.3 Å². The molecule has 142 valence electrons. The third-order valence-corrected chi connectivity index (χ3v) is 4.65. The van der Waals surface area contributed by atoms with Crippen molar-refractivity contribution in [2.24, 2.45) is 5.14 Å². The highest BCUT2D eigenvalue weighted by Gasteiger charge is 2.36. The van der Waals surface area contributed by atoms with Crippen LogP contribution in [0.4, 0.5) is 27.6 Å². The Morgan fingerprint density at radius 2 is 1.77 bits per heavy atom. The number of alkyl halides is 3. The number of halogens is 5. The highest BCUT2D eigenvalue weighted by molar-refractivity contribution is 7.89. The van der Waals surface area contributed by atoms with Gasteiger partial charge >= 0.3 is 6.18 Å². The second-order valence-corrected chi connectivity index (χ2v) is 7.05. The number of nitrogens with two attached hydrogens (primary N) is 1. The van der Waals surface area contributed by atoms with Crippen LogP contribution in [0.15, 0.2) is 41.3 Å². The van der Waals surface area contributed by atoms with E-state index < -0.39 is 44.3 Å². The fourth-order valence-electron chi connectivity index (χ4n) is 2.47. The summed E-state index contributed by atoms with van der Waals surface area (Å²) in [4.78, 5) is -1.06. The van der Waals surface area contributed by atoms with Gasteiger partial charge in [0.1, 0.15) is 11.6 Å². The van der Waals surface area contributed by atoms with Gasteiger partial charge in [0.25, 0.3) is 0 Å². The van der Waals surface area contributed by atoms with Crippen molar-refractivity contribution in [1.29, 1.82) is 0 Å². The molecule has 0 saturated carbocycles. The van der Waals surface area contributed by atoms with E-state index in [1.807, 2.05) is 0 Å². The van der Waals surface area contributed by atoms with E-state index in [2.05, 4.69) is 5.32 Å². The van der Waals surface area contributed by atoms with Crippen LogP contribution in [0, 0.1) is 11.6 Å². The fraction of sp³-hybridized carbons (Fsp3) is 0.250. The molecule has 0 spiro atoms. The molecule has 26 heavy (non-hydrogen) atoms. The summed E-state index contributed by atoms with van der Waals surface area (Å²) in [7, 11) is -4.58. The van der Waals surface area contributed by atoms with E-state index in [0.717, 1.165) is 18.2 Å². The van der Waals surface area contributed by atoms with Gasteiger partial charge in [0.15, 0.2) is 0 Å². The molecule has 0 bridgehead atoms. The second-order valence-electron chi connectivity index (χ2n) is 5.52. The number of primary sulfonamides is 1. The molecule has 0 amide bonds. The normalized spacial score (nSPS) is 13.5. The number of nitrogens with one attached hydrogen (secondary N) is 1. The molecule has 1 unspecified atom stereocenters. The number of benzene rings is 2. The van der Waals surface area contributed by atoms with Crippen LogP contribution < -0.4 is 10.5 Å². The third kappa shape index (κ3) is 4.50. The van der Waals surface area contributed by atoms with Crippen molar-refractivity contribution in [3.05, 3.63) is 59.2 Å². The predicted molar refractivity (Wildman–Crippen MR) is 85.8 cm³/mol. The maximum atomic E-state index is 13.9. The molecule has 1 atom stereocenters. The van der Waals surface area contributed by atoms with Gasteiger partial charge in [-0.15, -0.1) is 0 Å². The van der Waals surface area contributed by atoms with Gasteiger partial charge in [0, 0.05) is 17.3 Å². The molecule has 0 aliphatic rings. The zero-order valence-corrected chi connectivity index (χ0v) is 14.3. The molecule has 0 aliphatic heterocycles. The monoisotopic (exact) mass is 394 g/mol. The first kappa shape index (κ1) is 20.1. The minimum Gasteiger partial charge on any atom is -0.378 e. The Labute approximate surface area is 146 Å². The number of hydrogen-bond acceptors (Lipinski definition) is 3. The van der Waals surface area contributed by atoms with E-state index in [0.29, 0.717) is 12.1 Å². The minimum absolute atomic E-state index is 0.0676. The number of hydrogen-bond donors (Lipinski definition) is 2. The number of sulfonamides is 1. The zero-order valence-electron chi connectivity index (χ0n) is 13.4. The third-order valence-electron chi connectivity index (χ3n) is 3.68. The zero-order chi connectivity index (χ0) is 19.7. The quantitative estimate of drug-likeness (QED) is 0.747. The van der Waals surface area contributed by atoms with Gasteiger partial charge in [0.2, 0.25) is 10.0 Å². The molecule has 0 heterocycles. The molecule has 0 radical (unpaired) electrons. The van der Waals surface area contributed by atoms with Gasteiger partial charge in [-0.05, 0) is 30.7 Å². The van der Waals surface area contributed by atoms with Crippen molar-refractivity contribution in [2.75, 3.05) is 5.32 Å². The average molecular weight is 394 g/mol. The first-order valence-corrected chi connectivity index (χ1v) is 8.93. The summed E-state index contributed by atoms with van der Waals surface area (Å²) < 4.78 is 89.2. The first-order chi connectivity index (χ1) is 11.9. The molecule has 2 aromatic carbocycles. The lowest BCUT2D eigenvalue weighted by Gasteiger charge is -2.21. The summed E-state index contributed by atoms with van der Waals surface area (Å²) in [6.07, 6.45) is -4.68. The smallest absolute Gasteiger partial charge is 0.378 e. The van der Waals surface area contributed by atoms with E-state index in [1.54, 1.807) is 6.92 Å². The van der Waals surface area contributed by atoms with Gasteiger partial charge < -0.3 is 5.32 Å². The minimum atomic E-state index is -4.96. The van der Waals surface area contributed by atoms with Crippen LogP contribution in [-0.2, 0) is 16.2 Å². The van der Waals surface area contributed by atoms with Gasteiger partial charge in [0.05, 0.1) is 16.5 Å². The number of anilines is 1. The molecule has 4 nitrogen and oxygen atoms in total. The molecular formula is C16H15F5N2O2S. The van der Waals surface area contributed by atoms with E-state index in [-0.39, 0.29) is 17.7 Å². The predicted octanol–water partition coefficient (Wildman–Crippen LogP) is 4.19. The van der Waals surface area contributed by atoms with Crippen LogP contribution in [0.25, 0.3) is 0 Å². The van der Waals surface area contributed by atoms with Crippen LogP contribution in [0.3, 0.4) is 0 Å². The molecule has 0 saturated heterocycles. The second kappa shape index (κ2) is 7.20. The Bertz CT molecular complexity index is 913. The van der Waals surface area contributed by atoms with Crippen molar-refractivity contribution in [2.45, 2.75) is 30.5 Å². The molecule has 3 N–H and O–H groups in total. The fourth-order valence-corrected chi connectivity index (χ4v) is 3.21. The Morgan fingerprint density at radius 1 is 1.12 bits per heavy atom. The van der Waals surface area contributed by atoms with Crippen molar-refractivity contribution < 1.29 is 30.4 Å². The Kier molecular flexibility index (Phi) is 5.57. The van der Waals surface area contributed by atoms with Crippen molar-refractivity contribution in [3.63, 3.8) is 0 Å². The molecule has 2 aromatic rings. The molecule has 0 fully saturated rings. The van der Waals surface area contributed by atoms with E-state index >= 15 is 0 Å². The van der Waals surface area contributed by atoms with Crippen molar-refractivity contribution in [1.82, 2.24) is 0 Å². The maximum Gasteiger partial charge on any atom is 0.417 e. The lowest BCUT2D eigenvalue weighted by molar-refractivity contribution is -0.139. The Balaban J connectivity index is 2.45. The molecule has 0 aliphatic carbocycles. The lowest BCUT2D eigenvalue weighted by atomic mass is 10.0. The van der Waals surface area contributed by atoms with Crippen LogP contribution in [0.5, 0.6) is 0 Å². The maximum absolute atomic E-state index is 13.9. The Hall–Kier alpha value is -2.20. The molecule has 0 aromatic heterocycles. The summed E-state index contributed by atoms with van der Waals surface area (Å²) in [6, 6.07) is 4.56. The van der Waals surface area contributed by atoms with Gasteiger partial charge in [-0.1, -0.05) is 13.0 Å². The standard InChI is InChI=1S/C16H15F5N2O2S/c1-2-14(11-5-3-9(17)7-13(11)18)23-10-4-6-15(26(22,24)25)12(8-10)16(19,20)21/h3-8,14,23H,2H2,1H3,(H2,22,24,25). The summed E-state index contributed by atoms with van der Waals surface area (Å²) in [6.45, 7) is 1.66. The highest BCUT2D eigenvalue weighted by Crippen LogP contribution is 2.36. The summed E-state index contributed by atoms with van der Waals surface area (Å²) in [5, 5.41) is 7.52. The lowest BCUT2D eigenvalue weighted by Crippen LogP contribution is -2.20. The highest BCUT2D eigenvalue weighted by atomic mass is 32.2. The van der Waals surface area contributed by atoms with E-state index in [4.69, 9.17) is 5.14 Å². The molecule has 10 heteroatoms. The van der Waals surface area contributed by atoms with Crippen LogP contribution in [0.2, 0.25) is 0 Å². The Morgan fingerprint density at radius 3 is 2.27 bits per heavy atom. The van der Waals surface area contributed by atoms with Crippen molar-refractivity contribution >= 4 is 15.7 Å². The molecule has 2 rings (SSSR count). The summed E-state index contributed by atoms with van der Waals surface area (Å²) >= 11 is 0. The summed E-state index contributed by atoms with van der Waals surface area (Å²) in [5.74, 6) is -1.63. The average Bonchev–Trinajstić information content (AvgIpc) is 2.51. The van der Waals surface area contributed by atoms with Crippen LogP contribution in [-0.4, -0.2) is 8.42 Å². The first-order valence-electron chi connectivity index (χ1n) is 7.39. The van der Waals surface area contributed by atoms with Crippen LogP contribution in [0.1, 0.15) is 30.5 Å². The van der Waals surface area contributed by atoms with Gasteiger partial charge in [-0.2, -0.15) is 13.2 Å². The number of rotatable bonds is 5. The topological polar surface area (TPSA) is 72.2 Å². The van der Waals surface area contributed by atoms with Gasteiger partial charge in [-0.3, -0.25) is 0 Å². The SMILES string of the molecule is CCC(Nc1ccc(S(N)(=O)=O)c(C(F)(F)F)c1)c1ccc(F)cc1F. The van der Waals surface area contributed by atoms with E-state index in [1.165, 1.54) is 6.07 Å². The van der Waals surface area contributed by atoms with E-state index in [9.17, 15) is 30.4 Å².